The van der Waals surface area contributed by atoms with Crippen LogP contribution in [0.2, 0.25) is 0 Å². The van der Waals surface area contributed by atoms with E-state index in [1.807, 2.05) is 22.6 Å². The van der Waals surface area contributed by atoms with E-state index in [4.69, 9.17) is 0 Å². The van der Waals surface area contributed by atoms with E-state index >= 15 is 0 Å². The molecule has 1 heterocycles. The highest BCUT2D eigenvalue weighted by atomic mass is 33.3. The molecular weight excluding hydrogens is 163 g/mol. The summed E-state index contributed by atoms with van der Waals surface area (Å²) in [5, 5.41) is 0.951. The molecule has 1 unspecified atom stereocenters. The van der Waals surface area contributed by atoms with Crippen molar-refractivity contribution in [2.24, 2.45) is 0 Å². The summed E-state index contributed by atoms with van der Waals surface area (Å²) in [4.78, 5) is 0. The molecule has 1 saturated heterocycles. The first-order valence-electron chi connectivity index (χ1n) is 2.03. The molecule has 1 atom stereocenters. The van der Waals surface area contributed by atoms with Crippen LogP contribution in [0.25, 0.3) is 0 Å². The third-order valence-electron chi connectivity index (χ3n) is 0.799. The van der Waals surface area contributed by atoms with E-state index in [1.165, 1.54) is 11.5 Å². The molecule has 4 heteroatoms. The smallest absolute Gasteiger partial charge is 0.0335 e. The Morgan fingerprint density at radius 1 is 1.57 bits per heavy atom. The molecule has 0 radical (unpaired) electrons. The maximum absolute atomic E-state index is 2.66. The minimum Gasteiger partial charge on any atom is -0.160 e. The molecule has 1 fully saturated rings. The van der Waals surface area contributed by atoms with Crippen molar-refractivity contribution in [2.45, 2.75) is 5.25 Å². The molecule has 0 amide bonds. The maximum Gasteiger partial charge on any atom is 0.0335 e. The van der Waals surface area contributed by atoms with Crippen LogP contribution >= 0.6 is 41.4 Å². The molecule has 0 saturated carbocycles. The van der Waals surface area contributed by atoms with E-state index in [9.17, 15) is 0 Å². The third-order valence-corrected chi connectivity index (χ3v) is 5.36. The van der Waals surface area contributed by atoms with Crippen LogP contribution in [0.1, 0.15) is 0 Å². The lowest BCUT2D eigenvalue weighted by molar-refractivity contribution is 1.09. The summed E-state index contributed by atoms with van der Waals surface area (Å²) in [7, 11) is 6.44. The second-order valence-corrected chi connectivity index (χ2v) is 6.37. The Morgan fingerprint density at radius 2 is 2.29 bits per heavy atom. The Kier molecular flexibility index (Phi) is 3.29. The number of hydrogen-bond donors (Lipinski definition) is 0. The van der Waals surface area contributed by atoms with Crippen molar-refractivity contribution >= 4 is 41.4 Å². The zero-order chi connectivity index (χ0) is 5.11. The van der Waals surface area contributed by atoms with Gasteiger partial charge in [0.15, 0.2) is 0 Å². The normalized spacial score (nSPS) is 21.9. The zero-order valence-electron chi connectivity index (χ0n) is 3.79. The molecule has 0 N–H and O–H groups in total. The molecule has 0 aromatic carbocycles. The molecule has 0 aromatic heterocycles. The van der Waals surface area contributed by atoms with Crippen molar-refractivity contribution in [3.8, 4) is 0 Å². The minimum absolute atomic E-state index is 0.951. The van der Waals surface area contributed by atoms with Gasteiger partial charge in [0.25, 0.3) is 0 Å². The standard InChI is InChI=1S/C3H7PS3/c4-7-6-3-1-5-2-3/h3H,1-2,4H2. The first-order valence-corrected chi connectivity index (χ1v) is 6.88. The van der Waals surface area contributed by atoms with E-state index in [-0.39, 0.29) is 0 Å². The Hall–Kier alpha value is 1.48. The first-order chi connectivity index (χ1) is 3.43. The fraction of sp³-hybridized carbons (Fsp3) is 1.00. The van der Waals surface area contributed by atoms with Crippen molar-refractivity contribution in [3.05, 3.63) is 0 Å². The summed E-state index contributed by atoms with van der Waals surface area (Å²) in [6.07, 6.45) is 0. The van der Waals surface area contributed by atoms with Crippen LogP contribution in [-0.4, -0.2) is 16.8 Å². The van der Waals surface area contributed by atoms with Crippen molar-refractivity contribution < 1.29 is 0 Å². The van der Waals surface area contributed by atoms with Gasteiger partial charge in [-0.1, -0.05) is 29.6 Å². The summed E-state index contributed by atoms with van der Waals surface area (Å²) in [6.45, 7) is 0. The SMILES string of the molecule is PSSC1CSC1. The van der Waals surface area contributed by atoms with Gasteiger partial charge in [-0.05, 0) is 0 Å². The molecule has 0 spiro atoms. The van der Waals surface area contributed by atoms with Crippen molar-refractivity contribution in [3.63, 3.8) is 0 Å². The van der Waals surface area contributed by atoms with E-state index < -0.39 is 0 Å². The highest BCUT2D eigenvalue weighted by Gasteiger charge is 2.17. The van der Waals surface area contributed by atoms with Gasteiger partial charge in [0.2, 0.25) is 0 Å². The average molecular weight is 170 g/mol. The lowest BCUT2D eigenvalue weighted by Gasteiger charge is -2.22. The summed E-state index contributed by atoms with van der Waals surface area (Å²) in [5.41, 5.74) is 0. The topological polar surface area (TPSA) is 0 Å². The Labute approximate surface area is 58.3 Å². The average Bonchev–Trinajstić information content (AvgIpc) is 1.55. The van der Waals surface area contributed by atoms with Crippen molar-refractivity contribution in [1.82, 2.24) is 0 Å². The van der Waals surface area contributed by atoms with Crippen LogP contribution in [0.4, 0.5) is 0 Å². The van der Waals surface area contributed by atoms with Gasteiger partial charge in [-0.15, -0.1) is 0 Å². The summed E-state index contributed by atoms with van der Waals surface area (Å²) in [6, 6.07) is 0. The van der Waals surface area contributed by atoms with Crippen molar-refractivity contribution in [1.29, 1.82) is 0 Å². The fourth-order valence-electron chi connectivity index (χ4n) is 0.348. The van der Waals surface area contributed by atoms with Gasteiger partial charge >= 0.3 is 0 Å². The van der Waals surface area contributed by atoms with E-state index in [1.54, 1.807) is 10.4 Å². The van der Waals surface area contributed by atoms with Gasteiger partial charge in [-0.2, -0.15) is 11.8 Å². The summed E-state index contributed by atoms with van der Waals surface area (Å²) in [5.74, 6) is 2.73. The van der Waals surface area contributed by atoms with Gasteiger partial charge < -0.3 is 0 Å². The third kappa shape index (κ3) is 2.05. The predicted octanol–water partition coefficient (Wildman–Crippen LogP) is 2.27. The number of hydrogen-bond acceptors (Lipinski definition) is 3. The number of thioether (sulfide) groups is 1. The lowest BCUT2D eigenvalue weighted by Crippen LogP contribution is -2.18. The van der Waals surface area contributed by atoms with Crippen LogP contribution in [0.5, 0.6) is 0 Å². The van der Waals surface area contributed by atoms with Gasteiger partial charge in [0, 0.05) is 16.8 Å². The highest BCUT2D eigenvalue weighted by Crippen LogP contribution is 2.39. The molecule has 0 aliphatic carbocycles. The minimum atomic E-state index is 0.951. The van der Waals surface area contributed by atoms with Crippen LogP contribution in [0.3, 0.4) is 0 Å². The van der Waals surface area contributed by atoms with Gasteiger partial charge in [-0.25, -0.2) is 0 Å². The molecule has 0 aromatic rings. The predicted molar refractivity (Wildman–Crippen MR) is 46.0 cm³/mol. The Bertz CT molecular complexity index is 54.1. The molecule has 1 aliphatic heterocycles. The van der Waals surface area contributed by atoms with Gasteiger partial charge in [0.1, 0.15) is 0 Å². The lowest BCUT2D eigenvalue weighted by atomic mass is 10.5. The van der Waals surface area contributed by atoms with Crippen LogP contribution in [-0.2, 0) is 0 Å². The monoisotopic (exact) mass is 170 g/mol. The molecule has 1 rings (SSSR count). The maximum atomic E-state index is 2.66. The second-order valence-electron chi connectivity index (χ2n) is 1.35. The summed E-state index contributed by atoms with van der Waals surface area (Å²) >= 11 is 2.04. The largest absolute Gasteiger partial charge is 0.160 e. The molecule has 0 nitrogen and oxygen atoms in total. The van der Waals surface area contributed by atoms with E-state index in [0.717, 1.165) is 5.25 Å². The van der Waals surface area contributed by atoms with Gasteiger partial charge in [-0.3, -0.25) is 0 Å². The van der Waals surface area contributed by atoms with Crippen LogP contribution in [0.15, 0.2) is 0 Å². The molecule has 7 heavy (non-hydrogen) atoms. The summed E-state index contributed by atoms with van der Waals surface area (Å²) < 4.78 is 0. The van der Waals surface area contributed by atoms with Gasteiger partial charge in [0.05, 0.1) is 0 Å². The molecule has 1 aliphatic rings. The Morgan fingerprint density at radius 3 is 2.43 bits per heavy atom. The van der Waals surface area contributed by atoms with E-state index in [0.29, 0.717) is 0 Å². The van der Waals surface area contributed by atoms with E-state index in [2.05, 4.69) is 8.44 Å². The highest BCUT2D eigenvalue weighted by molar-refractivity contribution is 8.94. The molecule has 0 bridgehead atoms. The molecule has 42 valence electrons. The van der Waals surface area contributed by atoms with Crippen LogP contribution < -0.4 is 0 Å². The zero-order valence-corrected chi connectivity index (χ0v) is 7.40. The Balaban J connectivity index is 1.93. The quantitative estimate of drug-likeness (QED) is 0.461. The van der Waals surface area contributed by atoms with Crippen molar-refractivity contribution in [2.75, 3.05) is 11.5 Å². The van der Waals surface area contributed by atoms with Crippen LogP contribution in [0, 0.1) is 0 Å². The fourth-order valence-corrected chi connectivity index (χ4v) is 4.84. The molecular formula is C3H7PS3. The second kappa shape index (κ2) is 3.49. The first kappa shape index (κ1) is 6.60. The number of rotatable bonds is 2.